The zero-order valence-corrected chi connectivity index (χ0v) is 13.1. The zero-order chi connectivity index (χ0) is 14.2. The van der Waals surface area contributed by atoms with Crippen LogP contribution in [0.5, 0.6) is 0 Å². The molecule has 0 bridgehead atoms. The van der Waals surface area contributed by atoms with Crippen molar-refractivity contribution >= 4 is 11.8 Å². The van der Waals surface area contributed by atoms with E-state index in [2.05, 4.69) is 43.4 Å². The molecule has 2 aliphatic rings. The van der Waals surface area contributed by atoms with Crippen molar-refractivity contribution in [1.29, 1.82) is 5.26 Å². The van der Waals surface area contributed by atoms with E-state index in [-0.39, 0.29) is 5.54 Å². The average Bonchev–Trinajstić information content (AvgIpc) is 3.30. The molecule has 3 heteroatoms. The zero-order valence-electron chi connectivity index (χ0n) is 12.3. The summed E-state index contributed by atoms with van der Waals surface area (Å²) in [5.74, 6) is 1.43. The first-order valence-electron chi connectivity index (χ1n) is 7.52. The van der Waals surface area contributed by atoms with Crippen LogP contribution in [0.4, 0.5) is 0 Å². The Hall–Kier alpha value is -0.980. The van der Waals surface area contributed by atoms with Gasteiger partial charge in [0.15, 0.2) is 0 Å². The Morgan fingerprint density at radius 2 is 2.05 bits per heavy atom. The summed E-state index contributed by atoms with van der Waals surface area (Å²) in [5.41, 5.74) is 2.30. The maximum atomic E-state index is 9.74. The van der Waals surface area contributed by atoms with Crippen LogP contribution in [0.25, 0.3) is 0 Å². The maximum absolute atomic E-state index is 9.74. The van der Waals surface area contributed by atoms with Gasteiger partial charge in [0.1, 0.15) is 5.54 Å². The van der Waals surface area contributed by atoms with E-state index in [0.29, 0.717) is 12.0 Å². The molecule has 0 saturated heterocycles. The minimum atomic E-state index is -0.304. The van der Waals surface area contributed by atoms with Gasteiger partial charge in [-0.2, -0.15) is 5.26 Å². The van der Waals surface area contributed by atoms with E-state index < -0.39 is 0 Å². The molecule has 2 saturated carbocycles. The predicted octanol–water partition coefficient (Wildman–Crippen LogP) is 3.82. The molecule has 106 valence electrons. The summed E-state index contributed by atoms with van der Waals surface area (Å²) in [6.45, 7) is 4.28. The van der Waals surface area contributed by atoms with Crippen LogP contribution in [0.15, 0.2) is 23.1 Å². The van der Waals surface area contributed by atoms with Crippen molar-refractivity contribution in [3.63, 3.8) is 0 Å². The molecule has 1 N–H and O–H groups in total. The van der Waals surface area contributed by atoms with Gasteiger partial charge in [0, 0.05) is 16.7 Å². The van der Waals surface area contributed by atoms with Crippen LogP contribution in [-0.2, 0) is 0 Å². The summed E-state index contributed by atoms with van der Waals surface area (Å²) in [7, 11) is 0. The Balaban J connectivity index is 1.73. The highest BCUT2D eigenvalue weighted by molar-refractivity contribution is 7.99. The molecule has 0 spiro atoms. The van der Waals surface area contributed by atoms with Crippen LogP contribution in [-0.4, -0.2) is 17.3 Å². The van der Waals surface area contributed by atoms with Crippen LogP contribution >= 0.6 is 11.8 Å². The van der Waals surface area contributed by atoms with Crippen molar-refractivity contribution in [3.8, 4) is 6.07 Å². The number of nitrogens with zero attached hydrogens (tertiary/aromatic N) is 1. The number of rotatable bonds is 6. The van der Waals surface area contributed by atoms with Crippen molar-refractivity contribution in [3.05, 3.63) is 29.3 Å². The number of nitriles is 1. The number of nitrogens with one attached hydrogen (secondary N) is 1. The molecule has 1 aromatic rings. The molecule has 0 heterocycles. The van der Waals surface area contributed by atoms with Gasteiger partial charge in [-0.1, -0.05) is 17.7 Å². The highest BCUT2D eigenvalue weighted by Gasteiger charge is 2.48. The third-order valence-corrected chi connectivity index (χ3v) is 5.66. The smallest absolute Gasteiger partial charge is 0.119 e. The summed E-state index contributed by atoms with van der Waals surface area (Å²) in [4.78, 5) is 1.32. The van der Waals surface area contributed by atoms with Crippen molar-refractivity contribution in [2.45, 2.75) is 56.0 Å². The molecular weight excluding hydrogens is 264 g/mol. The molecule has 0 aliphatic heterocycles. The van der Waals surface area contributed by atoms with Crippen molar-refractivity contribution < 1.29 is 0 Å². The topological polar surface area (TPSA) is 35.8 Å². The van der Waals surface area contributed by atoms with Gasteiger partial charge in [-0.3, -0.25) is 5.32 Å². The Kier molecular flexibility index (Phi) is 3.79. The van der Waals surface area contributed by atoms with Crippen LogP contribution in [0.3, 0.4) is 0 Å². The number of hydrogen-bond donors (Lipinski definition) is 1. The van der Waals surface area contributed by atoms with E-state index >= 15 is 0 Å². The molecule has 20 heavy (non-hydrogen) atoms. The van der Waals surface area contributed by atoms with Crippen molar-refractivity contribution in [2.24, 2.45) is 5.92 Å². The molecule has 0 amide bonds. The largest absolute Gasteiger partial charge is 0.296 e. The molecule has 1 aromatic carbocycles. The van der Waals surface area contributed by atoms with Gasteiger partial charge in [0.25, 0.3) is 0 Å². The van der Waals surface area contributed by atoms with Crippen LogP contribution in [0, 0.1) is 31.1 Å². The fourth-order valence-electron chi connectivity index (χ4n) is 2.66. The molecule has 1 unspecified atom stereocenters. The van der Waals surface area contributed by atoms with Gasteiger partial charge in [0.05, 0.1) is 6.07 Å². The molecular formula is C17H22N2S. The second-order valence-corrected chi connectivity index (χ2v) is 7.35. The van der Waals surface area contributed by atoms with E-state index in [1.807, 2.05) is 11.8 Å². The second kappa shape index (κ2) is 5.42. The Labute approximate surface area is 125 Å². The number of aryl methyl sites for hydroxylation is 2. The third kappa shape index (κ3) is 3.02. The summed E-state index contributed by atoms with van der Waals surface area (Å²) >= 11 is 1.85. The van der Waals surface area contributed by atoms with Gasteiger partial charge in [-0.25, -0.2) is 0 Å². The van der Waals surface area contributed by atoms with Gasteiger partial charge < -0.3 is 0 Å². The van der Waals surface area contributed by atoms with E-state index in [4.69, 9.17) is 0 Å². The van der Waals surface area contributed by atoms with E-state index in [1.54, 1.807) is 0 Å². The predicted molar refractivity (Wildman–Crippen MR) is 83.9 cm³/mol. The van der Waals surface area contributed by atoms with Gasteiger partial charge >= 0.3 is 0 Å². The lowest BCUT2D eigenvalue weighted by Crippen LogP contribution is -2.49. The Morgan fingerprint density at radius 3 is 2.65 bits per heavy atom. The lowest BCUT2D eigenvalue weighted by atomic mass is 9.97. The van der Waals surface area contributed by atoms with E-state index in [0.717, 1.165) is 5.75 Å². The molecule has 2 fully saturated rings. The molecule has 0 aromatic heterocycles. The molecule has 3 rings (SSSR count). The SMILES string of the molecule is Cc1ccc(C)c(SCC(C#N)(NC2CC2)C2CC2)c1. The van der Waals surface area contributed by atoms with Crippen LogP contribution in [0.1, 0.15) is 36.8 Å². The molecule has 1 atom stereocenters. The van der Waals surface area contributed by atoms with Crippen LogP contribution < -0.4 is 5.32 Å². The van der Waals surface area contributed by atoms with Crippen LogP contribution in [0.2, 0.25) is 0 Å². The number of thioether (sulfide) groups is 1. The minimum absolute atomic E-state index is 0.304. The highest BCUT2D eigenvalue weighted by Crippen LogP contribution is 2.44. The van der Waals surface area contributed by atoms with Gasteiger partial charge in [0.2, 0.25) is 0 Å². The van der Waals surface area contributed by atoms with Gasteiger partial charge in [-0.05, 0) is 57.1 Å². The molecule has 0 radical (unpaired) electrons. The Bertz CT molecular complexity index is 540. The maximum Gasteiger partial charge on any atom is 0.119 e. The van der Waals surface area contributed by atoms with Gasteiger partial charge in [-0.15, -0.1) is 11.8 Å². The normalized spacial score (nSPS) is 21.2. The van der Waals surface area contributed by atoms with E-state index in [1.165, 1.54) is 41.7 Å². The first-order chi connectivity index (χ1) is 9.63. The molecule has 2 aliphatic carbocycles. The standard InChI is InChI=1S/C17H22N2S/c1-12-3-4-13(2)16(9-12)20-11-17(10-18,14-5-6-14)19-15-7-8-15/h3-4,9,14-15,19H,5-8,11H2,1-2H3. The first kappa shape index (κ1) is 14.0. The summed E-state index contributed by atoms with van der Waals surface area (Å²) in [6, 6.07) is 9.79. The van der Waals surface area contributed by atoms with E-state index in [9.17, 15) is 5.26 Å². The Morgan fingerprint density at radius 1 is 1.30 bits per heavy atom. The monoisotopic (exact) mass is 286 g/mol. The highest BCUT2D eigenvalue weighted by atomic mass is 32.2. The summed E-state index contributed by atoms with van der Waals surface area (Å²) in [6.07, 6.45) is 4.90. The summed E-state index contributed by atoms with van der Waals surface area (Å²) < 4.78 is 0. The fraction of sp³-hybridized carbons (Fsp3) is 0.588. The third-order valence-electron chi connectivity index (χ3n) is 4.31. The van der Waals surface area contributed by atoms with Crippen molar-refractivity contribution in [2.75, 3.05) is 5.75 Å². The summed E-state index contributed by atoms with van der Waals surface area (Å²) in [5, 5.41) is 13.4. The molecule has 2 nitrogen and oxygen atoms in total. The number of hydrogen-bond acceptors (Lipinski definition) is 3. The minimum Gasteiger partial charge on any atom is -0.296 e. The lowest BCUT2D eigenvalue weighted by molar-refractivity contribution is 0.401. The second-order valence-electron chi connectivity index (χ2n) is 6.33. The lowest BCUT2D eigenvalue weighted by Gasteiger charge is -2.28. The van der Waals surface area contributed by atoms with Crippen molar-refractivity contribution in [1.82, 2.24) is 5.32 Å². The number of benzene rings is 1. The quantitative estimate of drug-likeness (QED) is 0.808. The fourth-order valence-corrected chi connectivity index (χ4v) is 3.99. The first-order valence-corrected chi connectivity index (χ1v) is 8.50. The average molecular weight is 286 g/mol.